The molecule has 1 aliphatic heterocycles. The fourth-order valence-electron chi connectivity index (χ4n) is 3.90. The first kappa shape index (κ1) is 22.8. The van der Waals surface area contributed by atoms with E-state index in [1.54, 1.807) is 12.1 Å². The summed E-state index contributed by atoms with van der Waals surface area (Å²) in [4.78, 5) is 22.2. The van der Waals surface area contributed by atoms with E-state index in [4.69, 9.17) is 0 Å². The number of rotatable bonds is 5. The molecular weight excluding hydrogens is 448 g/mol. The van der Waals surface area contributed by atoms with Gasteiger partial charge in [0.05, 0.1) is 17.8 Å². The van der Waals surface area contributed by atoms with E-state index in [9.17, 15) is 31.1 Å². The second-order valence-electron chi connectivity index (χ2n) is 7.64. The van der Waals surface area contributed by atoms with Gasteiger partial charge in [-0.25, -0.2) is 13.2 Å². The number of halogens is 6. The second kappa shape index (κ2) is 8.84. The van der Waals surface area contributed by atoms with Gasteiger partial charge in [-0.1, -0.05) is 0 Å². The molecule has 0 N–H and O–H groups in total. The minimum Gasteiger partial charge on any atom is -0.333 e. The van der Waals surface area contributed by atoms with Crippen LogP contribution in [0.4, 0.5) is 26.3 Å². The quantitative estimate of drug-likeness (QED) is 0.490. The van der Waals surface area contributed by atoms with Crippen LogP contribution in [0.1, 0.15) is 32.7 Å². The van der Waals surface area contributed by atoms with Crippen molar-refractivity contribution in [3.8, 4) is 11.3 Å². The zero-order valence-corrected chi connectivity index (χ0v) is 17.0. The largest absolute Gasteiger partial charge is 0.416 e. The first-order valence-electron chi connectivity index (χ1n) is 9.99. The fraction of sp³-hybridized carbons (Fsp3) is 0.261. The molecule has 0 unspecified atom stereocenters. The van der Waals surface area contributed by atoms with Crippen LogP contribution in [0, 0.1) is 5.82 Å². The van der Waals surface area contributed by atoms with E-state index in [2.05, 4.69) is 9.97 Å². The van der Waals surface area contributed by atoms with E-state index in [0.29, 0.717) is 35.0 Å². The highest BCUT2D eigenvalue weighted by atomic mass is 19.4. The van der Waals surface area contributed by atoms with E-state index in [0.717, 1.165) is 17.0 Å². The Labute approximate surface area is 184 Å². The van der Waals surface area contributed by atoms with Gasteiger partial charge in [-0.05, 0) is 53.9 Å². The maximum Gasteiger partial charge on any atom is 0.416 e. The molecule has 33 heavy (non-hydrogen) atoms. The molecule has 0 atom stereocenters. The van der Waals surface area contributed by atoms with Crippen LogP contribution in [-0.2, 0) is 19.0 Å². The molecule has 172 valence electrons. The Morgan fingerprint density at radius 1 is 1.03 bits per heavy atom. The molecule has 0 aliphatic carbocycles. The molecule has 3 aromatic rings. The molecule has 10 heteroatoms. The Kier molecular flexibility index (Phi) is 6.09. The Hall–Kier alpha value is -3.43. The predicted octanol–water partition coefficient (Wildman–Crippen LogP) is 5.16. The molecule has 1 aromatic carbocycles. The number of hydrogen-bond donors (Lipinski definition) is 0. The first-order chi connectivity index (χ1) is 15.6. The van der Waals surface area contributed by atoms with Crippen molar-refractivity contribution in [2.75, 3.05) is 13.1 Å². The number of amides is 1. The monoisotopic (exact) mass is 465 g/mol. The van der Waals surface area contributed by atoms with Crippen molar-refractivity contribution >= 4 is 5.91 Å². The third-order valence-corrected chi connectivity index (χ3v) is 5.32. The van der Waals surface area contributed by atoms with Crippen LogP contribution in [0.5, 0.6) is 0 Å². The van der Waals surface area contributed by atoms with Crippen LogP contribution in [-0.4, -0.2) is 40.3 Å². The molecule has 0 radical (unpaired) electrons. The van der Waals surface area contributed by atoms with Crippen LogP contribution in [0.15, 0.2) is 48.8 Å². The lowest BCUT2D eigenvalue weighted by Gasteiger charge is -2.29. The van der Waals surface area contributed by atoms with Crippen molar-refractivity contribution < 1.29 is 31.1 Å². The lowest BCUT2D eigenvalue weighted by Crippen LogP contribution is -2.40. The molecular formula is C23H17F6N3O. The highest BCUT2D eigenvalue weighted by Crippen LogP contribution is 2.32. The average molecular weight is 465 g/mol. The van der Waals surface area contributed by atoms with Crippen molar-refractivity contribution in [3.05, 3.63) is 82.6 Å². The summed E-state index contributed by atoms with van der Waals surface area (Å²) in [6.45, 7) is -0.529. The van der Waals surface area contributed by atoms with Crippen molar-refractivity contribution in [3.63, 3.8) is 0 Å². The summed E-state index contributed by atoms with van der Waals surface area (Å²) in [5.41, 5.74) is 1.33. The van der Waals surface area contributed by atoms with Crippen molar-refractivity contribution in [2.24, 2.45) is 0 Å². The number of carbonyl (C=O) groups is 1. The Morgan fingerprint density at radius 2 is 1.79 bits per heavy atom. The van der Waals surface area contributed by atoms with Crippen LogP contribution >= 0.6 is 0 Å². The van der Waals surface area contributed by atoms with Crippen LogP contribution in [0.3, 0.4) is 0 Å². The predicted molar refractivity (Wildman–Crippen MR) is 107 cm³/mol. The standard InChI is InChI=1S/C23H17F6N3O/c24-16-8-13(7-15(11-16)23(27,28)29)9-17-10-14(1-4-30-17)21-18-3-6-32(12-20(25)26)22(33)19(18)2-5-31-21/h1-2,4-5,7-8,10-11,20H,3,6,9,12H2. The molecule has 0 bridgehead atoms. The second-order valence-corrected chi connectivity index (χ2v) is 7.64. The molecule has 3 heterocycles. The van der Waals surface area contributed by atoms with Crippen molar-refractivity contribution in [1.82, 2.24) is 14.9 Å². The summed E-state index contributed by atoms with van der Waals surface area (Å²) in [6, 6.07) is 7.04. The van der Waals surface area contributed by atoms with Crippen molar-refractivity contribution in [1.29, 1.82) is 0 Å². The first-order valence-corrected chi connectivity index (χ1v) is 9.99. The number of nitrogens with zero attached hydrogens (tertiary/aromatic N) is 3. The van der Waals surface area contributed by atoms with Gasteiger partial charge >= 0.3 is 6.18 Å². The lowest BCUT2D eigenvalue weighted by molar-refractivity contribution is -0.137. The molecule has 1 aliphatic rings. The van der Waals surface area contributed by atoms with E-state index in [-0.39, 0.29) is 24.1 Å². The normalized spacial score (nSPS) is 14.0. The minimum atomic E-state index is -4.68. The molecule has 0 saturated carbocycles. The van der Waals surface area contributed by atoms with Gasteiger partial charge < -0.3 is 4.90 Å². The average Bonchev–Trinajstić information content (AvgIpc) is 2.74. The third kappa shape index (κ3) is 4.99. The van der Waals surface area contributed by atoms with Crippen LogP contribution in [0.25, 0.3) is 11.3 Å². The summed E-state index contributed by atoms with van der Waals surface area (Å²) in [7, 11) is 0. The van der Waals surface area contributed by atoms with Gasteiger partial charge in [-0.2, -0.15) is 13.2 Å². The maximum absolute atomic E-state index is 13.7. The summed E-state index contributed by atoms with van der Waals surface area (Å²) < 4.78 is 78.2. The van der Waals surface area contributed by atoms with Gasteiger partial charge in [-0.15, -0.1) is 0 Å². The van der Waals surface area contributed by atoms with E-state index >= 15 is 0 Å². The highest BCUT2D eigenvalue weighted by molar-refractivity contribution is 5.98. The molecule has 1 amide bonds. The Morgan fingerprint density at radius 3 is 2.52 bits per heavy atom. The minimum absolute atomic E-state index is 0.0508. The fourth-order valence-corrected chi connectivity index (χ4v) is 3.90. The van der Waals surface area contributed by atoms with Gasteiger partial charge in [-0.3, -0.25) is 14.8 Å². The molecule has 4 nitrogen and oxygen atoms in total. The third-order valence-electron chi connectivity index (χ3n) is 5.32. The number of fused-ring (bicyclic) bond motifs is 1. The SMILES string of the molecule is O=C1c2ccnc(-c3ccnc(Cc4cc(F)cc(C(F)(F)F)c4)c3)c2CCN1CC(F)F. The molecule has 0 fully saturated rings. The number of benzene rings is 1. The van der Waals surface area contributed by atoms with Crippen LogP contribution < -0.4 is 0 Å². The van der Waals surface area contributed by atoms with E-state index in [1.165, 1.54) is 18.5 Å². The number of aromatic nitrogens is 2. The van der Waals surface area contributed by atoms with E-state index in [1.807, 2.05) is 0 Å². The number of alkyl halides is 5. The smallest absolute Gasteiger partial charge is 0.333 e. The summed E-state index contributed by atoms with van der Waals surface area (Å²) in [5.74, 6) is -1.50. The summed E-state index contributed by atoms with van der Waals surface area (Å²) in [5, 5.41) is 0. The topological polar surface area (TPSA) is 46.1 Å². The summed E-state index contributed by atoms with van der Waals surface area (Å²) in [6.07, 6.45) is -4.19. The molecule has 4 rings (SSSR count). The number of hydrogen-bond acceptors (Lipinski definition) is 3. The molecule has 0 saturated heterocycles. The van der Waals surface area contributed by atoms with Gasteiger partial charge in [0.2, 0.25) is 0 Å². The Balaban J connectivity index is 1.65. The molecule has 2 aromatic heterocycles. The van der Waals surface area contributed by atoms with Crippen LogP contribution in [0.2, 0.25) is 0 Å². The Bertz CT molecular complexity index is 1200. The maximum atomic E-state index is 13.7. The van der Waals surface area contributed by atoms with Gasteiger partial charge in [0.25, 0.3) is 12.3 Å². The van der Waals surface area contributed by atoms with E-state index < -0.39 is 36.4 Å². The van der Waals surface area contributed by atoms with Gasteiger partial charge in [0.1, 0.15) is 5.82 Å². The summed E-state index contributed by atoms with van der Waals surface area (Å²) >= 11 is 0. The van der Waals surface area contributed by atoms with Gasteiger partial charge in [0, 0.05) is 42.2 Å². The van der Waals surface area contributed by atoms with Crippen molar-refractivity contribution in [2.45, 2.75) is 25.4 Å². The highest BCUT2D eigenvalue weighted by Gasteiger charge is 2.31. The van der Waals surface area contributed by atoms with Gasteiger partial charge in [0.15, 0.2) is 0 Å². The zero-order valence-electron chi connectivity index (χ0n) is 17.0. The number of pyridine rings is 2. The number of carbonyl (C=O) groups excluding carboxylic acids is 1. The molecule has 0 spiro atoms. The zero-order chi connectivity index (χ0) is 23.8. The lowest BCUT2D eigenvalue weighted by atomic mass is 9.94.